The summed E-state index contributed by atoms with van der Waals surface area (Å²) in [7, 11) is 1.82. The number of fused-ring (bicyclic) bond motifs is 1. The van der Waals surface area contributed by atoms with Crippen molar-refractivity contribution in [2.45, 2.75) is 47.1 Å². The number of aliphatic hydroxyl groups is 1. The van der Waals surface area contributed by atoms with Crippen molar-refractivity contribution < 1.29 is 18.6 Å². The Labute approximate surface area is 197 Å². The number of nitrogens with zero attached hydrogens (tertiary/aromatic N) is 4. The van der Waals surface area contributed by atoms with E-state index in [0.29, 0.717) is 23.2 Å². The van der Waals surface area contributed by atoms with Crippen molar-refractivity contribution >= 4 is 5.65 Å². The molecule has 6 nitrogen and oxygen atoms in total. The third-order valence-corrected chi connectivity index (χ3v) is 6.22. The number of hydrogen-bond acceptors (Lipinski definition) is 4. The lowest BCUT2D eigenvalue weighted by atomic mass is 9.85. The van der Waals surface area contributed by atoms with Gasteiger partial charge in [0.15, 0.2) is 11.6 Å². The molecule has 0 fully saturated rings. The van der Waals surface area contributed by atoms with E-state index in [1.165, 1.54) is 6.07 Å². The number of aryl methyl sites for hydroxylation is 2. The maximum absolute atomic E-state index is 14.9. The van der Waals surface area contributed by atoms with Gasteiger partial charge in [0.1, 0.15) is 11.8 Å². The average molecular weight is 469 g/mol. The first-order chi connectivity index (χ1) is 16.0. The highest BCUT2D eigenvalue weighted by molar-refractivity contribution is 5.71. The normalized spacial score (nSPS) is 13.0. The van der Waals surface area contributed by atoms with E-state index in [2.05, 4.69) is 10.1 Å². The fraction of sp³-hybridized carbons (Fsp3) is 0.385. The van der Waals surface area contributed by atoms with Gasteiger partial charge in [-0.1, -0.05) is 20.8 Å². The zero-order valence-corrected chi connectivity index (χ0v) is 20.4. The number of benzene rings is 1. The molecule has 0 bridgehead atoms. The summed E-state index contributed by atoms with van der Waals surface area (Å²) in [6.45, 7) is 9.75. The minimum atomic E-state index is -1.03. The molecule has 1 atom stereocenters. The van der Waals surface area contributed by atoms with Crippen molar-refractivity contribution in [3.63, 3.8) is 0 Å². The van der Waals surface area contributed by atoms with Crippen LogP contribution >= 0.6 is 0 Å². The van der Waals surface area contributed by atoms with Crippen LogP contribution in [0.3, 0.4) is 0 Å². The van der Waals surface area contributed by atoms with Crippen LogP contribution in [0.5, 0.6) is 5.75 Å². The van der Waals surface area contributed by atoms with E-state index in [1.54, 1.807) is 10.9 Å². The van der Waals surface area contributed by atoms with Crippen molar-refractivity contribution in [3.8, 4) is 16.9 Å². The molecule has 3 heterocycles. The van der Waals surface area contributed by atoms with E-state index in [1.807, 2.05) is 64.4 Å². The van der Waals surface area contributed by atoms with Crippen LogP contribution in [0.25, 0.3) is 16.8 Å². The van der Waals surface area contributed by atoms with Gasteiger partial charge in [-0.05, 0) is 43.5 Å². The number of aliphatic hydroxyl groups excluding tert-OH is 1. The van der Waals surface area contributed by atoms with E-state index in [4.69, 9.17) is 4.74 Å². The Morgan fingerprint density at radius 2 is 1.85 bits per heavy atom. The third kappa shape index (κ3) is 4.30. The first kappa shape index (κ1) is 23.9. The highest BCUT2D eigenvalue weighted by Gasteiger charge is 2.30. The number of imidazole rings is 1. The molecule has 0 saturated carbocycles. The largest absolute Gasteiger partial charge is 0.489 e. The first-order valence-corrected chi connectivity index (χ1v) is 11.2. The molecular weight excluding hydrogens is 438 g/mol. The molecule has 0 aliphatic carbocycles. The molecule has 1 unspecified atom stereocenters. The van der Waals surface area contributed by atoms with Crippen LogP contribution in [0.4, 0.5) is 8.78 Å². The Morgan fingerprint density at radius 1 is 1.12 bits per heavy atom. The molecule has 4 rings (SSSR count). The first-order valence-electron chi connectivity index (χ1n) is 11.2. The van der Waals surface area contributed by atoms with E-state index < -0.39 is 23.2 Å². The molecule has 3 aromatic heterocycles. The number of halogens is 2. The summed E-state index contributed by atoms with van der Waals surface area (Å²) in [6.07, 6.45) is 3.20. The summed E-state index contributed by atoms with van der Waals surface area (Å²) >= 11 is 0. The van der Waals surface area contributed by atoms with Crippen molar-refractivity contribution in [1.82, 2.24) is 19.2 Å². The molecule has 4 aromatic rings. The molecular formula is C26H30F2N4O2. The monoisotopic (exact) mass is 468 g/mol. The Kier molecular flexibility index (Phi) is 6.20. The van der Waals surface area contributed by atoms with Gasteiger partial charge in [-0.3, -0.25) is 4.68 Å². The molecule has 0 saturated heterocycles. The summed E-state index contributed by atoms with van der Waals surface area (Å²) in [4.78, 5) is 4.31. The average Bonchev–Trinajstić information content (AvgIpc) is 3.29. The van der Waals surface area contributed by atoms with Gasteiger partial charge in [0.05, 0.1) is 12.3 Å². The topological polar surface area (TPSA) is 64.6 Å². The summed E-state index contributed by atoms with van der Waals surface area (Å²) < 4.78 is 38.5. The third-order valence-electron chi connectivity index (χ3n) is 6.22. The van der Waals surface area contributed by atoms with Crippen molar-refractivity contribution in [2.24, 2.45) is 12.5 Å². The molecule has 0 amide bonds. The van der Waals surface area contributed by atoms with Gasteiger partial charge in [-0.25, -0.2) is 9.37 Å². The summed E-state index contributed by atoms with van der Waals surface area (Å²) in [5.74, 6) is -2.14. The lowest BCUT2D eigenvalue weighted by Gasteiger charge is -2.25. The molecule has 34 heavy (non-hydrogen) atoms. The fourth-order valence-electron chi connectivity index (χ4n) is 4.03. The molecule has 1 N–H and O–H groups in total. The number of rotatable bonds is 6. The molecule has 180 valence electrons. The number of aromatic nitrogens is 4. The van der Waals surface area contributed by atoms with Crippen LogP contribution in [0.1, 0.15) is 49.5 Å². The lowest BCUT2D eigenvalue weighted by molar-refractivity contribution is 0.0575. The van der Waals surface area contributed by atoms with E-state index in [-0.39, 0.29) is 12.4 Å². The minimum Gasteiger partial charge on any atom is -0.489 e. The van der Waals surface area contributed by atoms with Crippen molar-refractivity contribution in [1.29, 1.82) is 0 Å². The Balaban J connectivity index is 1.65. The van der Waals surface area contributed by atoms with E-state index in [0.717, 1.165) is 28.7 Å². The zero-order chi connectivity index (χ0) is 24.8. The van der Waals surface area contributed by atoms with Crippen molar-refractivity contribution in [3.05, 3.63) is 70.9 Å². The van der Waals surface area contributed by atoms with Gasteiger partial charge in [0.2, 0.25) is 5.82 Å². The second-order valence-electron chi connectivity index (χ2n) is 9.72. The number of ether oxygens (including phenoxy) is 1. The Morgan fingerprint density at radius 3 is 2.56 bits per heavy atom. The Hall–Kier alpha value is -3.26. The van der Waals surface area contributed by atoms with Crippen LogP contribution in [0, 0.1) is 30.9 Å². The van der Waals surface area contributed by atoms with Gasteiger partial charge >= 0.3 is 0 Å². The van der Waals surface area contributed by atoms with Crippen LogP contribution in [-0.4, -0.2) is 30.9 Å². The van der Waals surface area contributed by atoms with Gasteiger partial charge in [0, 0.05) is 53.9 Å². The van der Waals surface area contributed by atoms with Gasteiger partial charge < -0.3 is 14.2 Å². The molecule has 0 radical (unpaired) electrons. The predicted molar refractivity (Wildman–Crippen MR) is 127 cm³/mol. The Bertz CT molecular complexity index is 1350. The molecule has 0 aliphatic heterocycles. The van der Waals surface area contributed by atoms with Crippen LogP contribution in [0.15, 0.2) is 36.7 Å². The second kappa shape index (κ2) is 8.83. The van der Waals surface area contributed by atoms with Gasteiger partial charge in [0.25, 0.3) is 0 Å². The predicted octanol–water partition coefficient (Wildman–Crippen LogP) is 5.33. The van der Waals surface area contributed by atoms with E-state index in [9.17, 15) is 13.9 Å². The number of pyridine rings is 1. The van der Waals surface area contributed by atoms with Crippen molar-refractivity contribution in [2.75, 3.05) is 6.61 Å². The zero-order valence-electron chi connectivity index (χ0n) is 20.4. The molecule has 1 aromatic carbocycles. The standard InChI is InChI=1S/C26H30F2N4O2/c1-15-13-29-21-10-7-17(14-32(15)21)19-8-9-20(27)22(28)24(19)34-12-11-18-16(2)31(6)30-23(18)25(33)26(3,4)5/h7-10,13-14,25,33H,11-12H2,1-6H3. The minimum absolute atomic E-state index is 0.0934. The highest BCUT2D eigenvalue weighted by atomic mass is 19.2. The fourth-order valence-corrected chi connectivity index (χ4v) is 4.03. The van der Waals surface area contributed by atoms with Crippen LogP contribution in [0.2, 0.25) is 0 Å². The van der Waals surface area contributed by atoms with Gasteiger partial charge in [-0.2, -0.15) is 9.49 Å². The summed E-state index contributed by atoms with van der Waals surface area (Å²) in [5, 5.41) is 15.3. The van der Waals surface area contributed by atoms with Crippen LogP contribution < -0.4 is 4.74 Å². The summed E-state index contributed by atoms with van der Waals surface area (Å²) in [6, 6.07) is 6.26. The highest BCUT2D eigenvalue weighted by Crippen LogP contribution is 2.36. The quantitative estimate of drug-likeness (QED) is 0.415. The smallest absolute Gasteiger partial charge is 0.201 e. The maximum Gasteiger partial charge on any atom is 0.201 e. The molecule has 8 heteroatoms. The molecule has 0 spiro atoms. The second-order valence-corrected chi connectivity index (χ2v) is 9.72. The lowest BCUT2D eigenvalue weighted by Crippen LogP contribution is -2.20. The molecule has 0 aliphatic rings. The summed E-state index contributed by atoms with van der Waals surface area (Å²) in [5.41, 5.74) is 4.75. The number of hydrogen-bond donors (Lipinski definition) is 1. The SMILES string of the molecule is Cc1c(CCOc2c(-c3ccc4ncc(C)n4c3)ccc(F)c2F)c(C(O)C(C)(C)C)nn1C. The van der Waals surface area contributed by atoms with E-state index >= 15 is 0 Å². The van der Waals surface area contributed by atoms with Crippen LogP contribution in [-0.2, 0) is 13.5 Å². The van der Waals surface area contributed by atoms with Gasteiger partial charge in [-0.15, -0.1) is 0 Å². The maximum atomic E-state index is 14.9.